The summed E-state index contributed by atoms with van der Waals surface area (Å²) in [6, 6.07) is 9.14. The molecule has 1 atom stereocenters. The van der Waals surface area contributed by atoms with Crippen molar-refractivity contribution >= 4 is 23.4 Å². The summed E-state index contributed by atoms with van der Waals surface area (Å²) in [5.41, 5.74) is 2.76. The second kappa shape index (κ2) is 6.92. The summed E-state index contributed by atoms with van der Waals surface area (Å²) in [6.07, 6.45) is 0. The van der Waals surface area contributed by atoms with Gasteiger partial charge in [0.25, 0.3) is 0 Å². The number of hydrogen-bond acceptors (Lipinski definition) is 2. The van der Waals surface area contributed by atoms with E-state index in [9.17, 15) is 13.6 Å². The first-order chi connectivity index (χ1) is 10.4. The molecule has 2 aromatic carbocycles. The molecule has 1 amide bonds. The van der Waals surface area contributed by atoms with Gasteiger partial charge in [-0.2, -0.15) is 0 Å². The Bertz CT molecular complexity index is 703. The van der Waals surface area contributed by atoms with Crippen molar-refractivity contribution in [2.45, 2.75) is 30.9 Å². The molecule has 1 N–H and O–H groups in total. The van der Waals surface area contributed by atoms with Crippen LogP contribution in [0.5, 0.6) is 0 Å². The highest BCUT2D eigenvalue weighted by Crippen LogP contribution is 2.27. The number of carbonyl (C=O) groups is 1. The Balaban J connectivity index is 2.07. The van der Waals surface area contributed by atoms with Crippen LogP contribution in [0, 0.1) is 25.5 Å². The average molecular weight is 321 g/mol. The van der Waals surface area contributed by atoms with Gasteiger partial charge in [-0.05, 0) is 50.1 Å². The maximum absolute atomic E-state index is 13.6. The van der Waals surface area contributed by atoms with Crippen molar-refractivity contribution in [3.8, 4) is 0 Å². The minimum absolute atomic E-state index is 0.220. The summed E-state index contributed by atoms with van der Waals surface area (Å²) < 4.78 is 26.5. The first-order valence-electron chi connectivity index (χ1n) is 6.86. The van der Waals surface area contributed by atoms with Gasteiger partial charge in [-0.3, -0.25) is 4.79 Å². The third-order valence-electron chi connectivity index (χ3n) is 3.22. The molecule has 2 nitrogen and oxygen atoms in total. The lowest BCUT2D eigenvalue weighted by Gasteiger charge is -2.14. The molecular formula is C17H17F2NOS. The molecule has 0 unspecified atom stereocenters. The SMILES string of the molecule is Cc1ccc(C)c(NC(=O)[C@H](C)Sc2ccc(F)cc2F)c1. The number of carbonyl (C=O) groups excluding carboxylic acids is 1. The lowest BCUT2D eigenvalue weighted by molar-refractivity contribution is -0.115. The van der Waals surface area contributed by atoms with E-state index in [2.05, 4.69) is 5.32 Å². The molecule has 0 spiro atoms. The number of rotatable bonds is 4. The summed E-state index contributed by atoms with van der Waals surface area (Å²) in [4.78, 5) is 12.5. The standard InChI is InChI=1S/C17H17F2NOS/c1-10-4-5-11(2)15(8-10)20-17(21)12(3)22-16-7-6-13(18)9-14(16)19/h4-9,12H,1-3H3,(H,20,21)/t12-/m0/s1. The Morgan fingerprint density at radius 3 is 2.55 bits per heavy atom. The van der Waals surface area contributed by atoms with Crippen LogP contribution in [0.1, 0.15) is 18.1 Å². The molecule has 0 aliphatic heterocycles. The van der Waals surface area contributed by atoms with E-state index in [4.69, 9.17) is 0 Å². The van der Waals surface area contributed by atoms with Crippen molar-refractivity contribution in [1.29, 1.82) is 0 Å². The second-order valence-electron chi connectivity index (χ2n) is 5.14. The maximum Gasteiger partial charge on any atom is 0.237 e. The van der Waals surface area contributed by atoms with Crippen molar-refractivity contribution < 1.29 is 13.6 Å². The normalized spacial score (nSPS) is 12.0. The van der Waals surface area contributed by atoms with Crippen LogP contribution in [0.4, 0.5) is 14.5 Å². The van der Waals surface area contributed by atoms with E-state index in [1.165, 1.54) is 12.1 Å². The minimum atomic E-state index is -0.656. The van der Waals surface area contributed by atoms with E-state index in [1.54, 1.807) is 6.92 Å². The molecule has 0 aliphatic rings. The number of anilines is 1. The van der Waals surface area contributed by atoms with Crippen LogP contribution in [-0.2, 0) is 4.79 Å². The van der Waals surface area contributed by atoms with Crippen molar-refractivity contribution in [2.75, 3.05) is 5.32 Å². The molecule has 2 rings (SSSR count). The van der Waals surface area contributed by atoms with Crippen molar-refractivity contribution in [1.82, 2.24) is 0 Å². The van der Waals surface area contributed by atoms with Gasteiger partial charge in [0.15, 0.2) is 0 Å². The Hall–Kier alpha value is -1.88. The van der Waals surface area contributed by atoms with E-state index >= 15 is 0 Å². The van der Waals surface area contributed by atoms with E-state index in [1.807, 2.05) is 32.0 Å². The van der Waals surface area contributed by atoms with Crippen LogP contribution < -0.4 is 5.32 Å². The zero-order valence-corrected chi connectivity index (χ0v) is 13.4. The number of amides is 1. The summed E-state index contributed by atoms with van der Waals surface area (Å²) >= 11 is 1.06. The average Bonchev–Trinajstić information content (AvgIpc) is 2.45. The highest BCUT2D eigenvalue weighted by molar-refractivity contribution is 8.00. The molecule has 0 heterocycles. The van der Waals surface area contributed by atoms with Gasteiger partial charge >= 0.3 is 0 Å². The minimum Gasteiger partial charge on any atom is -0.325 e. The van der Waals surface area contributed by atoms with Crippen molar-refractivity contribution in [3.63, 3.8) is 0 Å². The monoisotopic (exact) mass is 321 g/mol. The molecule has 2 aromatic rings. The smallest absolute Gasteiger partial charge is 0.237 e. The fourth-order valence-electron chi connectivity index (χ4n) is 1.92. The Morgan fingerprint density at radius 2 is 1.86 bits per heavy atom. The van der Waals surface area contributed by atoms with Crippen LogP contribution in [0.2, 0.25) is 0 Å². The Morgan fingerprint density at radius 1 is 1.14 bits per heavy atom. The van der Waals surface area contributed by atoms with Gasteiger partial charge in [-0.25, -0.2) is 8.78 Å². The predicted octanol–water partition coefficient (Wildman–Crippen LogP) is 4.70. The van der Waals surface area contributed by atoms with Crippen LogP contribution in [-0.4, -0.2) is 11.2 Å². The molecule has 116 valence electrons. The van der Waals surface area contributed by atoms with Gasteiger partial charge in [0.2, 0.25) is 5.91 Å². The Labute approximate surface area is 132 Å². The molecule has 0 saturated heterocycles. The molecule has 0 radical (unpaired) electrons. The van der Waals surface area contributed by atoms with Crippen molar-refractivity contribution in [3.05, 3.63) is 59.2 Å². The molecule has 0 fully saturated rings. The number of aryl methyl sites for hydroxylation is 2. The molecule has 0 aliphatic carbocycles. The van der Waals surface area contributed by atoms with Crippen LogP contribution >= 0.6 is 11.8 Å². The highest BCUT2D eigenvalue weighted by Gasteiger charge is 2.17. The topological polar surface area (TPSA) is 29.1 Å². The van der Waals surface area contributed by atoms with Crippen LogP contribution in [0.15, 0.2) is 41.3 Å². The summed E-state index contributed by atoms with van der Waals surface area (Å²) in [7, 11) is 0. The summed E-state index contributed by atoms with van der Waals surface area (Å²) in [5.74, 6) is -1.51. The molecule has 0 bridgehead atoms. The molecule has 0 saturated carbocycles. The summed E-state index contributed by atoms with van der Waals surface area (Å²) in [5, 5.41) is 2.35. The predicted molar refractivity (Wildman–Crippen MR) is 86.2 cm³/mol. The fraction of sp³-hybridized carbons (Fsp3) is 0.235. The lowest BCUT2D eigenvalue weighted by Crippen LogP contribution is -2.23. The largest absolute Gasteiger partial charge is 0.325 e. The van der Waals surface area contributed by atoms with Crippen LogP contribution in [0.25, 0.3) is 0 Å². The number of nitrogens with one attached hydrogen (secondary N) is 1. The number of thioether (sulfide) groups is 1. The van der Waals surface area contributed by atoms with Crippen LogP contribution in [0.3, 0.4) is 0 Å². The van der Waals surface area contributed by atoms with Gasteiger partial charge in [0.05, 0.1) is 5.25 Å². The van der Waals surface area contributed by atoms with E-state index in [0.29, 0.717) is 0 Å². The van der Waals surface area contributed by atoms with E-state index in [-0.39, 0.29) is 10.8 Å². The zero-order chi connectivity index (χ0) is 16.3. The summed E-state index contributed by atoms with van der Waals surface area (Å²) in [6.45, 7) is 5.54. The van der Waals surface area contributed by atoms with Gasteiger partial charge in [-0.1, -0.05) is 12.1 Å². The second-order valence-corrected chi connectivity index (χ2v) is 6.53. The quantitative estimate of drug-likeness (QED) is 0.827. The molecular weight excluding hydrogens is 304 g/mol. The lowest BCUT2D eigenvalue weighted by atomic mass is 10.1. The molecule has 22 heavy (non-hydrogen) atoms. The van der Waals surface area contributed by atoms with Gasteiger partial charge in [0, 0.05) is 16.6 Å². The number of halogens is 2. The molecule has 5 heteroatoms. The van der Waals surface area contributed by atoms with Gasteiger partial charge in [-0.15, -0.1) is 11.8 Å². The third kappa shape index (κ3) is 4.07. The maximum atomic E-state index is 13.6. The zero-order valence-electron chi connectivity index (χ0n) is 12.6. The molecule has 0 aromatic heterocycles. The fourth-order valence-corrected chi connectivity index (χ4v) is 2.78. The first-order valence-corrected chi connectivity index (χ1v) is 7.74. The third-order valence-corrected chi connectivity index (χ3v) is 4.37. The number of benzene rings is 2. The number of hydrogen-bond donors (Lipinski definition) is 1. The van der Waals surface area contributed by atoms with Gasteiger partial charge in [0.1, 0.15) is 11.6 Å². The van der Waals surface area contributed by atoms with Gasteiger partial charge < -0.3 is 5.32 Å². The Kier molecular flexibility index (Phi) is 5.19. The highest BCUT2D eigenvalue weighted by atomic mass is 32.2. The van der Waals surface area contributed by atoms with Crippen molar-refractivity contribution in [2.24, 2.45) is 0 Å². The van der Waals surface area contributed by atoms with E-state index < -0.39 is 16.9 Å². The first kappa shape index (κ1) is 16.5. The van der Waals surface area contributed by atoms with E-state index in [0.717, 1.165) is 34.6 Å².